The van der Waals surface area contributed by atoms with Crippen molar-refractivity contribution in [2.24, 2.45) is 0 Å². The summed E-state index contributed by atoms with van der Waals surface area (Å²) in [5.41, 5.74) is 3.43. The Morgan fingerprint density at radius 2 is 2.11 bits per heavy atom. The van der Waals surface area contributed by atoms with Gasteiger partial charge in [-0.2, -0.15) is 0 Å². The van der Waals surface area contributed by atoms with Gasteiger partial charge in [0.05, 0.1) is 30.6 Å². The van der Waals surface area contributed by atoms with E-state index in [1.165, 1.54) is 5.57 Å². The van der Waals surface area contributed by atoms with Gasteiger partial charge in [0.25, 0.3) is 0 Å². The zero-order valence-electron chi connectivity index (χ0n) is 10.6. The molecular weight excluding hydrogens is 242 g/mol. The zero-order chi connectivity index (χ0) is 12.7. The average Bonchev–Trinajstić information content (AvgIpc) is 3.09. The molecule has 1 fully saturated rings. The predicted molar refractivity (Wildman–Crippen MR) is 69.5 cm³/mol. The van der Waals surface area contributed by atoms with Crippen molar-refractivity contribution in [3.63, 3.8) is 0 Å². The molecule has 0 N–H and O–H groups in total. The maximum atomic E-state index is 5.74. The van der Waals surface area contributed by atoms with E-state index in [4.69, 9.17) is 9.47 Å². The first kappa shape index (κ1) is 11.1. The van der Waals surface area contributed by atoms with Gasteiger partial charge in [-0.25, -0.2) is 4.52 Å². The lowest BCUT2D eigenvalue weighted by atomic mass is 9.92. The normalized spacial score (nSPS) is 22.0. The van der Waals surface area contributed by atoms with E-state index in [-0.39, 0.29) is 5.79 Å². The second kappa shape index (κ2) is 4.15. The molecule has 2 aromatic rings. The monoisotopic (exact) mass is 257 g/mol. The minimum Gasteiger partial charge on any atom is -0.347 e. The molecule has 2 aromatic heterocycles. The standard InChI is InChI=1S/C14H15N3O2/c1-2-12-10-15-16-17(12)13(3-1)11-4-6-14(7-5-11)18-8-9-19-14/h1-4,10H,5-9H2. The molecule has 1 aliphatic heterocycles. The lowest BCUT2D eigenvalue weighted by Gasteiger charge is -2.30. The number of fused-ring (bicyclic) bond motifs is 1. The highest BCUT2D eigenvalue weighted by Gasteiger charge is 2.37. The van der Waals surface area contributed by atoms with Crippen LogP contribution in [0.1, 0.15) is 25.0 Å². The molecule has 0 saturated carbocycles. The van der Waals surface area contributed by atoms with Gasteiger partial charge in [0.15, 0.2) is 5.79 Å². The van der Waals surface area contributed by atoms with E-state index in [2.05, 4.69) is 22.5 Å². The Bertz CT molecular complexity index is 641. The van der Waals surface area contributed by atoms with Gasteiger partial charge in [0.1, 0.15) is 0 Å². The Morgan fingerprint density at radius 1 is 1.21 bits per heavy atom. The molecule has 3 heterocycles. The van der Waals surface area contributed by atoms with Crippen LogP contribution in [0.5, 0.6) is 0 Å². The molecule has 1 saturated heterocycles. The molecule has 0 atom stereocenters. The van der Waals surface area contributed by atoms with Crippen LogP contribution in [0.15, 0.2) is 30.5 Å². The van der Waals surface area contributed by atoms with Crippen LogP contribution < -0.4 is 0 Å². The second-order valence-electron chi connectivity index (χ2n) is 5.02. The lowest BCUT2D eigenvalue weighted by molar-refractivity contribution is -0.159. The molecule has 5 nitrogen and oxygen atoms in total. The van der Waals surface area contributed by atoms with E-state index in [0.717, 1.165) is 30.5 Å². The smallest absolute Gasteiger partial charge is 0.172 e. The van der Waals surface area contributed by atoms with Crippen molar-refractivity contribution in [1.29, 1.82) is 0 Å². The molecule has 2 aliphatic rings. The third kappa shape index (κ3) is 1.77. The highest BCUT2D eigenvalue weighted by molar-refractivity contribution is 5.66. The van der Waals surface area contributed by atoms with E-state index < -0.39 is 0 Å². The van der Waals surface area contributed by atoms with Crippen LogP contribution in [0, 0.1) is 0 Å². The largest absolute Gasteiger partial charge is 0.347 e. The van der Waals surface area contributed by atoms with Crippen LogP contribution in [0.25, 0.3) is 11.1 Å². The fourth-order valence-electron chi connectivity index (χ4n) is 2.90. The topological polar surface area (TPSA) is 48.7 Å². The summed E-state index contributed by atoms with van der Waals surface area (Å²) in [6, 6.07) is 6.14. The lowest BCUT2D eigenvalue weighted by Crippen LogP contribution is -2.31. The van der Waals surface area contributed by atoms with Gasteiger partial charge in [-0.15, -0.1) is 5.10 Å². The minimum absolute atomic E-state index is 0.361. The van der Waals surface area contributed by atoms with E-state index in [0.29, 0.717) is 13.2 Å². The Labute approximate surface area is 110 Å². The summed E-state index contributed by atoms with van der Waals surface area (Å²) in [5, 5.41) is 8.11. The number of allylic oxidation sites excluding steroid dienone is 1. The van der Waals surface area contributed by atoms with E-state index in [1.807, 2.05) is 16.6 Å². The number of hydrogen-bond donors (Lipinski definition) is 0. The fourth-order valence-corrected chi connectivity index (χ4v) is 2.90. The number of ether oxygens (including phenoxy) is 2. The van der Waals surface area contributed by atoms with Crippen molar-refractivity contribution in [3.8, 4) is 0 Å². The van der Waals surface area contributed by atoms with Crippen molar-refractivity contribution >= 4 is 11.1 Å². The van der Waals surface area contributed by atoms with Crippen molar-refractivity contribution in [3.05, 3.63) is 36.2 Å². The second-order valence-corrected chi connectivity index (χ2v) is 5.02. The van der Waals surface area contributed by atoms with Gasteiger partial charge in [0.2, 0.25) is 0 Å². The van der Waals surface area contributed by atoms with Crippen LogP contribution in [-0.4, -0.2) is 33.8 Å². The molecule has 4 rings (SSSR count). The minimum atomic E-state index is -0.361. The van der Waals surface area contributed by atoms with Crippen LogP contribution >= 0.6 is 0 Å². The van der Waals surface area contributed by atoms with Crippen LogP contribution in [0.2, 0.25) is 0 Å². The number of aromatic nitrogens is 3. The number of rotatable bonds is 1. The number of hydrogen-bond acceptors (Lipinski definition) is 4. The van der Waals surface area contributed by atoms with Crippen molar-refractivity contribution < 1.29 is 9.47 Å². The van der Waals surface area contributed by atoms with E-state index in [1.54, 1.807) is 6.20 Å². The van der Waals surface area contributed by atoms with Crippen LogP contribution in [0.4, 0.5) is 0 Å². The third-order valence-corrected chi connectivity index (χ3v) is 3.90. The quantitative estimate of drug-likeness (QED) is 0.784. The summed E-state index contributed by atoms with van der Waals surface area (Å²) in [6.45, 7) is 1.42. The van der Waals surface area contributed by atoms with Crippen molar-refractivity contribution in [1.82, 2.24) is 14.8 Å². The van der Waals surface area contributed by atoms with Gasteiger partial charge in [0, 0.05) is 12.8 Å². The molecule has 0 bridgehead atoms. The molecule has 1 aliphatic carbocycles. The highest BCUT2D eigenvalue weighted by Crippen LogP contribution is 2.38. The van der Waals surface area contributed by atoms with Crippen LogP contribution in [0.3, 0.4) is 0 Å². The fraction of sp³-hybridized carbons (Fsp3) is 0.429. The molecule has 0 amide bonds. The molecule has 19 heavy (non-hydrogen) atoms. The first-order chi connectivity index (χ1) is 9.36. The van der Waals surface area contributed by atoms with Gasteiger partial charge >= 0.3 is 0 Å². The summed E-state index contributed by atoms with van der Waals surface area (Å²) < 4.78 is 13.4. The summed E-state index contributed by atoms with van der Waals surface area (Å²) in [5.74, 6) is -0.361. The number of pyridine rings is 1. The molecule has 98 valence electrons. The van der Waals surface area contributed by atoms with Crippen molar-refractivity contribution in [2.45, 2.75) is 25.0 Å². The maximum absolute atomic E-state index is 5.74. The van der Waals surface area contributed by atoms with Gasteiger partial charge in [-0.3, -0.25) is 0 Å². The molecular formula is C14H15N3O2. The molecule has 0 aromatic carbocycles. The Hall–Kier alpha value is -1.72. The summed E-state index contributed by atoms with van der Waals surface area (Å²) in [7, 11) is 0. The average molecular weight is 257 g/mol. The van der Waals surface area contributed by atoms with Gasteiger partial charge in [-0.05, 0) is 24.1 Å². The molecule has 1 spiro atoms. The summed E-state index contributed by atoms with van der Waals surface area (Å²) in [6.07, 6.45) is 6.65. The first-order valence-electron chi connectivity index (χ1n) is 6.63. The van der Waals surface area contributed by atoms with E-state index in [9.17, 15) is 0 Å². The maximum Gasteiger partial charge on any atom is 0.172 e. The summed E-state index contributed by atoms with van der Waals surface area (Å²) in [4.78, 5) is 0. The zero-order valence-corrected chi connectivity index (χ0v) is 10.6. The number of nitrogens with zero attached hydrogens (tertiary/aromatic N) is 3. The molecule has 5 heteroatoms. The van der Waals surface area contributed by atoms with Gasteiger partial charge in [-0.1, -0.05) is 17.4 Å². The summed E-state index contributed by atoms with van der Waals surface area (Å²) >= 11 is 0. The molecule has 0 radical (unpaired) electrons. The third-order valence-electron chi connectivity index (χ3n) is 3.90. The van der Waals surface area contributed by atoms with Crippen LogP contribution in [-0.2, 0) is 9.47 Å². The Morgan fingerprint density at radius 3 is 2.89 bits per heavy atom. The Kier molecular flexibility index (Phi) is 2.43. The predicted octanol–water partition coefficient (Wildman–Crippen LogP) is 2.04. The van der Waals surface area contributed by atoms with Gasteiger partial charge < -0.3 is 9.47 Å². The molecule has 0 unspecified atom stereocenters. The Balaban J connectivity index is 1.70. The SMILES string of the molecule is C1=C(c2cccc3cnnn23)CCC2(C1)OCCO2. The van der Waals surface area contributed by atoms with E-state index >= 15 is 0 Å². The van der Waals surface area contributed by atoms with Crippen molar-refractivity contribution in [2.75, 3.05) is 13.2 Å². The first-order valence-corrected chi connectivity index (χ1v) is 6.63. The highest BCUT2D eigenvalue weighted by atomic mass is 16.7.